The summed E-state index contributed by atoms with van der Waals surface area (Å²) in [5, 5.41) is 3.58. The van der Waals surface area contributed by atoms with E-state index in [1.807, 2.05) is 48.5 Å². The van der Waals surface area contributed by atoms with Crippen LogP contribution in [0.3, 0.4) is 0 Å². The van der Waals surface area contributed by atoms with E-state index in [2.05, 4.69) is 5.32 Å². The molecule has 1 amide bonds. The summed E-state index contributed by atoms with van der Waals surface area (Å²) in [7, 11) is 1.58. The summed E-state index contributed by atoms with van der Waals surface area (Å²) in [6.45, 7) is 0. The fraction of sp³-hybridized carbons (Fsp3) is 0.188. The molecule has 0 aromatic heterocycles. The highest BCUT2D eigenvalue weighted by Crippen LogP contribution is 2.24. The topological polar surface area (TPSA) is 38.3 Å². The van der Waals surface area contributed by atoms with Crippen LogP contribution in [0.2, 0.25) is 5.02 Å². The molecular weight excluding hydrogens is 306 g/mol. The zero-order valence-electron chi connectivity index (χ0n) is 11.6. The van der Waals surface area contributed by atoms with Gasteiger partial charge in [-0.15, -0.1) is 11.8 Å². The minimum atomic E-state index is -0.0587. The van der Waals surface area contributed by atoms with Crippen molar-refractivity contribution in [1.29, 1.82) is 0 Å². The smallest absolute Gasteiger partial charge is 0.234 e. The molecule has 0 aliphatic carbocycles. The van der Waals surface area contributed by atoms with E-state index in [9.17, 15) is 4.79 Å². The first-order valence-electron chi connectivity index (χ1n) is 6.44. The third-order valence-corrected chi connectivity index (χ3v) is 4.18. The Labute approximate surface area is 133 Å². The van der Waals surface area contributed by atoms with E-state index in [1.165, 1.54) is 11.8 Å². The Hall–Kier alpha value is -1.65. The molecule has 0 aliphatic rings. The molecule has 1 N–H and O–H groups in total. The molecule has 0 radical (unpaired) electrons. The number of benzene rings is 2. The number of thioether (sulfide) groups is 1. The second-order valence-corrected chi connectivity index (χ2v) is 5.73. The number of amides is 1. The second kappa shape index (κ2) is 7.96. The van der Waals surface area contributed by atoms with Gasteiger partial charge in [0.25, 0.3) is 0 Å². The van der Waals surface area contributed by atoms with Crippen LogP contribution in [-0.2, 0) is 10.5 Å². The maximum absolute atomic E-state index is 11.9. The lowest BCUT2D eigenvalue weighted by molar-refractivity contribution is -0.113. The number of ether oxygens (including phenoxy) is 1. The minimum absolute atomic E-state index is 0.0587. The lowest BCUT2D eigenvalue weighted by Crippen LogP contribution is -2.14. The molecule has 0 aliphatic heterocycles. The molecule has 2 aromatic rings. The van der Waals surface area contributed by atoms with Crippen molar-refractivity contribution in [2.24, 2.45) is 0 Å². The van der Waals surface area contributed by atoms with Gasteiger partial charge in [-0.25, -0.2) is 0 Å². The van der Waals surface area contributed by atoms with Crippen molar-refractivity contribution >= 4 is 35.0 Å². The molecular formula is C16H16ClNO2S. The summed E-state index contributed by atoms with van der Waals surface area (Å²) in [4.78, 5) is 11.9. The van der Waals surface area contributed by atoms with Crippen molar-refractivity contribution in [3.8, 4) is 5.75 Å². The molecule has 0 saturated heterocycles. The average molecular weight is 322 g/mol. The number of para-hydroxylation sites is 2. The summed E-state index contributed by atoms with van der Waals surface area (Å²) in [5.74, 6) is 1.67. The Kier molecular flexibility index (Phi) is 5.96. The van der Waals surface area contributed by atoms with Gasteiger partial charge < -0.3 is 10.1 Å². The van der Waals surface area contributed by atoms with Gasteiger partial charge in [0.2, 0.25) is 5.91 Å². The fourth-order valence-electron chi connectivity index (χ4n) is 1.80. The quantitative estimate of drug-likeness (QED) is 0.865. The first-order chi connectivity index (χ1) is 10.2. The molecule has 3 nitrogen and oxygen atoms in total. The summed E-state index contributed by atoms with van der Waals surface area (Å²) in [6, 6.07) is 15.0. The van der Waals surface area contributed by atoms with Gasteiger partial charge in [-0.2, -0.15) is 0 Å². The summed E-state index contributed by atoms with van der Waals surface area (Å²) >= 11 is 7.60. The molecule has 0 saturated carbocycles. The number of rotatable bonds is 6. The van der Waals surface area contributed by atoms with Gasteiger partial charge in [-0.05, 0) is 23.8 Å². The van der Waals surface area contributed by atoms with Gasteiger partial charge in [-0.1, -0.05) is 41.9 Å². The Morgan fingerprint density at radius 1 is 1.19 bits per heavy atom. The van der Waals surface area contributed by atoms with Gasteiger partial charge in [0, 0.05) is 10.8 Å². The number of halogens is 1. The van der Waals surface area contributed by atoms with Crippen molar-refractivity contribution in [1.82, 2.24) is 0 Å². The maximum Gasteiger partial charge on any atom is 0.234 e. The van der Waals surface area contributed by atoms with Crippen LogP contribution < -0.4 is 10.1 Å². The second-order valence-electron chi connectivity index (χ2n) is 4.33. The molecule has 0 heterocycles. The van der Waals surface area contributed by atoms with Gasteiger partial charge in [0.1, 0.15) is 5.75 Å². The highest BCUT2D eigenvalue weighted by atomic mass is 35.5. The molecule has 110 valence electrons. The molecule has 0 fully saturated rings. The Balaban J connectivity index is 1.84. The van der Waals surface area contributed by atoms with E-state index in [0.717, 1.165) is 10.6 Å². The summed E-state index contributed by atoms with van der Waals surface area (Å²) < 4.78 is 5.20. The predicted octanol–water partition coefficient (Wildman–Crippen LogP) is 4.22. The SMILES string of the molecule is COc1ccccc1NC(=O)CSCc1ccccc1Cl. The number of anilines is 1. The van der Waals surface area contributed by atoms with Crippen LogP contribution in [0.4, 0.5) is 5.69 Å². The first kappa shape index (κ1) is 15.7. The predicted molar refractivity (Wildman–Crippen MR) is 89.2 cm³/mol. The molecule has 0 bridgehead atoms. The molecule has 2 aromatic carbocycles. The number of methoxy groups -OCH3 is 1. The normalized spacial score (nSPS) is 10.2. The fourth-order valence-corrected chi connectivity index (χ4v) is 2.92. The number of carbonyl (C=O) groups is 1. The van der Waals surface area contributed by atoms with Crippen LogP contribution in [0, 0.1) is 0 Å². The number of nitrogens with one attached hydrogen (secondary N) is 1. The molecule has 0 atom stereocenters. The van der Waals surface area contributed by atoms with Crippen LogP contribution >= 0.6 is 23.4 Å². The third kappa shape index (κ3) is 4.69. The minimum Gasteiger partial charge on any atom is -0.495 e. The van der Waals surface area contributed by atoms with Crippen molar-refractivity contribution in [3.05, 3.63) is 59.1 Å². The van der Waals surface area contributed by atoms with Crippen molar-refractivity contribution in [2.75, 3.05) is 18.2 Å². The van der Waals surface area contributed by atoms with Crippen molar-refractivity contribution in [3.63, 3.8) is 0 Å². The van der Waals surface area contributed by atoms with E-state index >= 15 is 0 Å². The van der Waals surface area contributed by atoms with Gasteiger partial charge in [-0.3, -0.25) is 4.79 Å². The van der Waals surface area contributed by atoms with Crippen LogP contribution in [0.25, 0.3) is 0 Å². The number of carbonyl (C=O) groups excluding carboxylic acids is 1. The van der Waals surface area contributed by atoms with E-state index in [0.29, 0.717) is 22.9 Å². The highest BCUT2D eigenvalue weighted by molar-refractivity contribution is 7.99. The largest absolute Gasteiger partial charge is 0.495 e. The van der Waals surface area contributed by atoms with Crippen molar-refractivity contribution < 1.29 is 9.53 Å². The third-order valence-electron chi connectivity index (χ3n) is 2.83. The van der Waals surface area contributed by atoms with E-state index in [-0.39, 0.29) is 5.91 Å². The van der Waals surface area contributed by atoms with Crippen molar-refractivity contribution in [2.45, 2.75) is 5.75 Å². The molecule has 5 heteroatoms. The highest BCUT2D eigenvalue weighted by Gasteiger charge is 2.07. The average Bonchev–Trinajstić information content (AvgIpc) is 2.50. The first-order valence-corrected chi connectivity index (χ1v) is 7.98. The molecule has 0 unspecified atom stereocenters. The lowest BCUT2D eigenvalue weighted by Gasteiger charge is -2.09. The van der Waals surface area contributed by atoms with Gasteiger partial charge in [0.05, 0.1) is 18.6 Å². The molecule has 2 rings (SSSR count). The number of hydrogen-bond donors (Lipinski definition) is 1. The maximum atomic E-state index is 11.9. The standard InChI is InChI=1S/C16H16ClNO2S/c1-20-15-9-5-4-8-14(15)18-16(19)11-21-10-12-6-2-3-7-13(12)17/h2-9H,10-11H2,1H3,(H,18,19). The van der Waals surface area contributed by atoms with Gasteiger partial charge in [0.15, 0.2) is 0 Å². The Bertz CT molecular complexity index is 619. The van der Waals surface area contributed by atoms with Crippen LogP contribution in [0.1, 0.15) is 5.56 Å². The lowest BCUT2D eigenvalue weighted by atomic mass is 10.2. The van der Waals surface area contributed by atoms with Crippen LogP contribution in [-0.4, -0.2) is 18.8 Å². The Morgan fingerprint density at radius 3 is 2.67 bits per heavy atom. The van der Waals surface area contributed by atoms with E-state index in [4.69, 9.17) is 16.3 Å². The zero-order chi connectivity index (χ0) is 15.1. The van der Waals surface area contributed by atoms with Crippen LogP contribution in [0.5, 0.6) is 5.75 Å². The van der Waals surface area contributed by atoms with E-state index in [1.54, 1.807) is 7.11 Å². The number of hydrogen-bond acceptors (Lipinski definition) is 3. The molecule has 21 heavy (non-hydrogen) atoms. The molecule has 0 spiro atoms. The van der Waals surface area contributed by atoms with Gasteiger partial charge >= 0.3 is 0 Å². The zero-order valence-corrected chi connectivity index (χ0v) is 13.2. The summed E-state index contributed by atoms with van der Waals surface area (Å²) in [6.07, 6.45) is 0. The monoisotopic (exact) mass is 321 g/mol. The van der Waals surface area contributed by atoms with Crippen LogP contribution in [0.15, 0.2) is 48.5 Å². The van der Waals surface area contributed by atoms with E-state index < -0.39 is 0 Å². The Morgan fingerprint density at radius 2 is 1.90 bits per heavy atom. The summed E-state index contributed by atoms with van der Waals surface area (Å²) in [5.41, 5.74) is 1.72.